The summed E-state index contributed by atoms with van der Waals surface area (Å²) in [6, 6.07) is 8.79. The molecule has 2 amide bonds. The van der Waals surface area contributed by atoms with Crippen molar-refractivity contribution in [2.24, 2.45) is 5.73 Å². The SMILES string of the molecule is COc1ccc2nccc(C(O)C(N)C(=O)NC[C@@H]3CN(c4ccc5c(c4)OCCO5)C(=O)O3)c2n1. The number of nitrogens with two attached hydrogens (primary N) is 1. The fourth-order valence-corrected chi connectivity index (χ4v) is 4.09. The number of amides is 2. The molecule has 2 aliphatic heterocycles. The molecule has 12 heteroatoms. The van der Waals surface area contributed by atoms with Gasteiger partial charge < -0.3 is 35.1 Å². The van der Waals surface area contributed by atoms with Crippen LogP contribution in [-0.2, 0) is 9.53 Å². The van der Waals surface area contributed by atoms with E-state index >= 15 is 0 Å². The monoisotopic (exact) mass is 495 g/mol. The molecule has 4 heterocycles. The Bertz CT molecular complexity index is 1300. The number of carbonyl (C=O) groups is 2. The zero-order valence-electron chi connectivity index (χ0n) is 19.4. The summed E-state index contributed by atoms with van der Waals surface area (Å²) >= 11 is 0. The van der Waals surface area contributed by atoms with Gasteiger partial charge in [0.1, 0.15) is 31.5 Å². The first-order valence-electron chi connectivity index (χ1n) is 11.3. The second-order valence-electron chi connectivity index (χ2n) is 8.28. The first kappa shape index (κ1) is 23.6. The molecule has 0 aliphatic carbocycles. The number of anilines is 1. The molecule has 0 saturated carbocycles. The highest BCUT2D eigenvalue weighted by molar-refractivity contribution is 5.90. The Morgan fingerprint density at radius 3 is 2.86 bits per heavy atom. The minimum atomic E-state index is -1.35. The number of cyclic esters (lactones) is 1. The van der Waals surface area contributed by atoms with E-state index in [-0.39, 0.29) is 13.1 Å². The molecule has 5 rings (SSSR count). The van der Waals surface area contributed by atoms with Crippen LogP contribution in [0.5, 0.6) is 17.4 Å². The zero-order chi connectivity index (χ0) is 25.2. The number of aromatic nitrogens is 2. The van der Waals surface area contributed by atoms with Gasteiger partial charge in [-0.3, -0.25) is 14.7 Å². The summed E-state index contributed by atoms with van der Waals surface area (Å²) in [7, 11) is 1.48. The van der Waals surface area contributed by atoms with Gasteiger partial charge in [0.2, 0.25) is 11.8 Å². The highest BCUT2D eigenvalue weighted by Gasteiger charge is 2.34. The van der Waals surface area contributed by atoms with Crippen LogP contribution < -0.4 is 30.2 Å². The number of carbonyl (C=O) groups excluding carboxylic acids is 2. The number of fused-ring (bicyclic) bond motifs is 2. The Labute approximate surface area is 205 Å². The first-order chi connectivity index (χ1) is 17.4. The van der Waals surface area contributed by atoms with Crippen LogP contribution in [0, 0.1) is 0 Å². The van der Waals surface area contributed by atoms with E-state index in [2.05, 4.69) is 15.3 Å². The summed E-state index contributed by atoms with van der Waals surface area (Å²) in [6.07, 6.45) is -0.995. The molecule has 12 nitrogen and oxygen atoms in total. The molecular weight excluding hydrogens is 470 g/mol. The van der Waals surface area contributed by atoms with Crippen molar-refractivity contribution in [2.75, 3.05) is 38.3 Å². The standard InChI is InChI=1S/C24H25N5O7/c1-33-19-5-3-16-21(28-19)15(6-7-26-16)22(30)20(25)23(31)27-11-14-12-29(24(32)36-14)13-2-4-17-18(10-13)35-9-8-34-17/h2-7,10,14,20,22,30H,8-9,11-12,25H2,1H3,(H,27,31)/t14-,20?,22?/m1/s1. The molecule has 3 atom stereocenters. The van der Waals surface area contributed by atoms with Crippen LogP contribution in [0.25, 0.3) is 11.0 Å². The second-order valence-corrected chi connectivity index (χ2v) is 8.28. The number of hydrogen-bond donors (Lipinski definition) is 3. The van der Waals surface area contributed by atoms with E-state index in [0.29, 0.717) is 52.9 Å². The van der Waals surface area contributed by atoms with Crippen LogP contribution >= 0.6 is 0 Å². The molecule has 4 N–H and O–H groups in total. The van der Waals surface area contributed by atoms with Gasteiger partial charge in [-0.05, 0) is 24.3 Å². The predicted octanol–water partition coefficient (Wildman–Crippen LogP) is 0.912. The van der Waals surface area contributed by atoms with Gasteiger partial charge in [-0.1, -0.05) is 0 Å². The second kappa shape index (κ2) is 9.84. The molecule has 3 aromatic rings. The average Bonchev–Trinajstić information content (AvgIpc) is 3.30. The van der Waals surface area contributed by atoms with Crippen LogP contribution in [0.4, 0.5) is 10.5 Å². The number of benzene rings is 1. The van der Waals surface area contributed by atoms with E-state index in [0.717, 1.165) is 0 Å². The van der Waals surface area contributed by atoms with Crippen LogP contribution in [0.15, 0.2) is 42.6 Å². The normalized spacial score (nSPS) is 18.5. The van der Waals surface area contributed by atoms with E-state index in [1.165, 1.54) is 18.2 Å². The third kappa shape index (κ3) is 4.55. The van der Waals surface area contributed by atoms with Gasteiger partial charge in [0.25, 0.3) is 0 Å². The quantitative estimate of drug-likeness (QED) is 0.430. The summed E-state index contributed by atoms with van der Waals surface area (Å²) in [5.74, 6) is 0.903. The average molecular weight is 495 g/mol. The molecular formula is C24H25N5O7. The summed E-state index contributed by atoms with van der Waals surface area (Å²) in [5.41, 5.74) is 7.91. The Morgan fingerprint density at radius 2 is 2.06 bits per heavy atom. The van der Waals surface area contributed by atoms with Crippen molar-refractivity contribution >= 4 is 28.7 Å². The number of methoxy groups -OCH3 is 1. The number of nitrogens with zero attached hydrogens (tertiary/aromatic N) is 3. The Hall–Kier alpha value is -4.16. The van der Waals surface area contributed by atoms with E-state index in [1.54, 1.807) is 36.4 Å². The fraction of sp³-hybridized carbons (Fsp3) is 0.333. The maximum absolute atomic E-state index is 12.7. The summed E-state index contributed by atoms with van der Waals surface area (Å²) in [5, 5.41) is 13.5. The number of aliphatic hydroxyl groups excluding tert-OH is 1. The summed E-state index contributed by atoms with van der Waals surface area (Å²) in [6.45, 7) is 1.14. The molecule has 1 fully saturated rings. The van der Waals surface area contributed by atoms with Crippen LogP contribution in [0.2, 0.25) is 0 Å². The number of hydrogen-bond acceptors (Lipinski definition) is 10. The number of rotatable bonds is 7. The third-order valence-electron chi connectivity index (χ3n) is 5.98. The number of ether oxygens (including phenoxy) is 4. The highest BCUT2D eigenvalue weighted by Crippen LogP contribution is 2.35. The van der Waals surface area contributed by atoms with E-state index < -0.39 is 30.3 Å². The van der Waals surface area contributed by atoms with E-state index in [9.17, 15) is 14.7 Å². The summed E-state index contributed by atoms with van der Waals surface area (Å²) < 4.78 is 21.6. The minimum absolute atomic E-state index is 0.0230. The molecule has 1 aromatic carbocycles. The largest absolute Gasteiger partial charge is 0.486 e. The lowest BCUT2D eigenvalue weighted by Gasteiger charge is -2.21. The third-order valence-corrected chi connectivity index (χ3v) is 5.98. The maximum atomic E-state index is 12.7. The molecule has 36 heavy (non-hydrogen) atoms. The van der Waals surface area contributed by atoms with Crippen molar-refractivity contribution in [3.8, 4) is 17.4 Å². The van der Waals surface area contributed by atoms with Crippen molar-refractivity contribution in [1.29, 1.82) is 0 Å². The van der Waals surface area contributed by atoms with Crippen LogP contribution in [0.3, 0.4) is 0 Å². The topological polar surface area (TPSA) is 158 Å². The van der Waals surface area contributed by atoms with Gasteiger partial charge in [0.15, 0.2) is 11.5 Å². The maximum Gasteiger partial charge on any atom is 0.414 e. The van der Waals surface area contributed by atoms with Crippen LogP contribution in [-0.4, -0.2) is 72.6 Å². The van der Waals surface area contributed by atoms with E-state index in [1.807, 2.05) is 0 Å². The van der Waals surface area contributed by atoms with Gasteiger partial charge in [0, 0.05) is 23.9 Å². The van der Waals surface area contributed by atoms with Crippen molar-refractivity contribution in [3.05, 3.63) is 48.2 Å². The van der Waals surface area contributed by atoms with Crippen LogP contribution in [0.1, 0.15) is 11.7 Å². The predicted molar refractivity (Wildman–Crippen MR) is 127 cm³/mol. The molecule has 188 valence electrons. The lowest BCUT2D eigenvalue weighted by molar-refractivity contribution is -0.125. The van der Waals surface area contributed by atoms with Gasteiger partial charge in [-0.25, -0.2) is 9.78 Å². The Morgan fingerprint density at radius 1 is 1.25 bits per heavy atom. The van der Waals surface area contributed by atoms with E-state index in [4.69, 9.17) is 24.7 Å². The van der Waals surface area contributed by atoms with Crippen molar-refractivity contribution in [1.82, 2.24) is 15.3 Å². The molecule has 0 bridgehead atoms. The molecule has 0 radical (unpaired) electrons. The molecule has 0 spiro atoms. The lowest BCUT2D eigenvalue weighted by Crippen LogP contribution is -2.47. The van der Waals surface area contributed by atoms with Gasteiger partial charge in [-0.2, -0.15) is 0 Å². The first-order valence-corrected chi connectivity index (χ1v) is 11.3. The zero-order valence-corrected chi connectivity index (χ0v) is 19.4. The highest BCUT2D eigenvalue weighted by atomic mass is 16.6. The minimum Gasteiger partial charge on any atom is -0.486 e. The molecule has 2 aliphatic rings. The smallest absolute Gasteiger partial charge is 0.414 e. The molecule has 2 aromatic heterocycles. The number of aliphatic hydroxyl groups is 1. The van der Waals surface area contributed by atoms with Crippen molar-refractivity contribution < 1.29 is 33.6 Å². The molecule has 1 saturated heterocycles. The van der Waals surface area contributed by atoms with Crippen molar-refractivity contribution in [3.63, 3.8) is 0 Å². The van der Waals surface area contributed by atoms with Crippen molar-refractivity contribution in [2.45, 2.75) is 18.2 Å². The Kier molecular flexibility index (Phi) is 6.44. The Balaban J connectivity index is 1.22. The van der Waals surface area contributed by atoms with Gasteiger partial charge >= 0.3 is 6.09 Å². The molecule has 2 unspecified atom stereocenters. The van der Waals surface area contributed by atoms with Gasteiger partial charge in [0.05, 0.1) is 36.9 Å². The lowest BCUT2D eigenvalue weighted by atomic mass is 10.0. The number of pyridine rings is 2. The van der Waals surface area contributed by atoms with Gasteiger partial charge in [-0.15, -0.1) is 0 Å². The summed E-state index contributed by atoms with van der Waals surface area (Å²) in [4.78, 5) is 35.2. The number of nitrogens with one attached hydrogen (secondary N) is 1. The fourth-order valence-electron chi connectivity index (χ4n) is 4.09.